The summed E-state index contributed by atoms with van der Waals surface area (Å²) in [5.41, 5.74) is 1.34. The molecule has 2 aromatic rings. The molecule has 5 N–H and O–H groups in total. The average molecular weight is 324 g/mol. The Morgan fingerprint density at radius 3 is 2.46 bits per heavy atom. The smallest absolute Gasteiger partial charge is 0.266 e. The molecular weight excluding hydrogens is 308 g/mol. The Balaban J connectivity index is 2.00. The Bertz CT molecular complexity index is 804. The van der Waals surface area contributed by atoms with E-state index >= 15 is 0 Å². The van der Waals surface area contributed by atoms with Crippen molar-refractivity contribution in [3.8, 4) is 0 Å². The normalized spacial score (nSPS) is 19.9. The van der Waals surface area contributed by atoms with Crippen LogP contribution in [0.5, 0.6) is 0 Å². The number of anilines is 1. The molecule has 2 atom stereocenters. The summed E-state index contributed by atoms with van der Waals surface area (Å²) in [5.74, 6) is -1.28. The van der Waals surface area contributed by atoms with Gasteiger partial charge < -0.3 is 10.7 Å². The lowest BCUT2D eigenvalue weighted by molar-refractivity contribution is -0.114. The third kappa shape index (κ3) is 2.78. The number of nitrogens with zero attached hydrogens (tertiary/aromatic N) is 1. The van der Waals surface area contributed by atoms with E-state index in [2.05, 4.69) is 5.32 Å². The molecule has 2 aromatic carbocycles. The second-order valence-electron chi connectivity index (χ2n) is 5.51. The van der Waals surface area contributed by atoms with Crippen LogP contribution < -0.4 is 10.5 Å². The van der Waals surface area contributed by atoms with Gasteiger partial charge in [0.2, 0.25) is 0 Å². The van der Waals surface area contributed by atoms with Gasteiger partial charge in [-0.1, -0.05) is 42.5 Å². The first kappa shape index (κ1) is 15.9. The summed E-state index contributed by atoms with van der Waals surface area (Å²) in [6, 6.07) is 14.6. The summed E-state index contributed by atoms with van der Waals surface area (Å²) in [7, 11) is 0. The van der Waals surface area contributed by atoms with Gasteiger partial charge in [-0.15, -0.1) is 5.23 Å². The maximum absolute atomic E-state index is 12.0. The highest BCUT2D eigenvalue weighted by atomic mass is 16.8. The van der Waals surface area contributed by atoms with Crippen LogP contribution in [0.3, 0.4) is 0 Å². The van der Waals surface area contributed by atoms with Crippen molar-refractivity contribution in [3.63, 3.8) is 0 Å². The minimum absolute atomic E-state index is 0.0108. The molecule has 1 heterocycles. The Labute approximate surface area is 138 Å². The van der Waals surface area contributed by atoms with Gasteiger partial charge in [-0.2, -0.15) is 0 Å². The first-order valence-electron chi connectivity index (χ1n) is 7.30. The van der Waals surface area contributed by atoms with Gasteiger partial charge in [0.15, 0.2) is 0 Å². The summed E-state index contributed by atoms with van der Waals surface area (Å²) >= 11 is 0. The van der Waals surface area contributed by atoms with Crippen LogP contribution in [-0.2, 0) is 4.79 Å². The molecule has 3 rings (SSSR count). The van der Waals surface area contributed by atoms with Gasteiger partial charge in [0, 0.05) is 0 Å². The predicted octanol–water partition coefficient (Wildman–Crippen LogP) is 2.15. The average Bonchev–Trinajstić information content (AvgIpc) is 2.90. The van der Waals surface area contributed by atoms with Gasteiger partial charge in [-0.3, -0.25) is 20.6 Å². The van der Waals surface area contributed by atoms with Gasteiger partial charge in [0.1, 0.15) is 5.71 Å². The fraction of sp³-hybridized carbons (Fsp3) is 0.118. The van der Waals surface area contributed by atoms with Crippen LogP contribution in [0, 0.1) is 16.7 Å². The lowest BCUT2D eigenvalue weighted by Gasteiger charge is -2.21. The predicted molar refractivity (Wildman–Crippen MR) is 87.9 cm³/mol. The minimum atomic E-state index is -0.749. The van der Waals surface area contributed by atoms with E-state index in [0.29, 0.717) is 11.1 Å². The van der Waals surface area contributed by atoms with Crippen LogP contribution in [0.1, 0.15) is 17.2 Å². The minimum Gasteiger partial charge on any atom is -0.343 e. The van der Waals surface area contributed by atoms with E-state index in [9.17, 15) is 4.79 Å². The van der Waals surface area contributed by atoms with Crippen LogP contribution in [-0.4, -0.2) is 27.7 Å². The summed E-state index contributed by atoms with van der Waals surface area (Å²) in [5, 5.41) is 37.5. The number of hydrogen-bond acceptors (Lipinski definition) is 6. The molecule has 0 bridgehead atoms. The Morgan fingerprint density at radius 1 is 1.08 bits per heavy atom. The maximum atomic E-state index is 12.0. The Hall–Kier alpha value is -3.03. The maximum Gasteiger partial charge on any atom is 0.266 e. The third-order valence-corrected chi connectivity index (χ3v) is 4.03. The number of benzene rings is 2. The van der Waals surface area contributed by atoms with Crippen molar-refractivity contribution >= 4 is 23.0 Å². The van der Waals surface area contributed by atoms with Crippen molar-refractivity contribution in [2.45, 2.75) is 6.04 Å². The van der Waals surface area contributed by atoms with E-state index in [-0.39, 0.29) is 22.3 Å². The molecule has 0 aliphatic carbocycles. The van der Waals surface area contributed by atoms with Crippen molar-refractivity contribution in [3.05, 3.63) is 65.7 Å². The number of rotatable bonds is 4. The number of amides is 1. The molecule has 122 valence electrons. The molecule has 1 aliphatic heterocycles. The first-order valence-corrected chi connectivity index (χ1v) is 7.30. The second kappa shape index (κ2) is 6.23. The monoisotopic (exact) mass is 324 g/mol. The largest absolute Gasteiger partial charge is 0.343 e. The van der Waals surface area contributed by atoms with Crippen molar-refractivity contribution in [2.75, 3.05) is 5.23 Å². The fourth-order valence-electron chi connectivity index (χ4n) is 2.84. The number of carbonyl (C=O) groups is 1. The van der Waals surface area contributed by atoms with Gasteiger partial charge in [0.25, 0.3) is 5.91 Å². The summed E-state index contributed by atoms with van der Waals surface area (Å²) in [4.78, 5) is 12.0. The summed E-state index contributed by atoms with van der Waals surface area (Å²) < 4.78 is 0. The second-order valence-corrected chi connectivity index (χ2v) is 5.51. The topological polar surface area (TPSA) is 120 Å². The third-order valence-electron chi connectivity index (χ3n) is 4.03. The van der Waals surface area contributed by atoms with Gasteiger partial charge >= 0.3 is 0 Å². The Kier molecular flexibility index (Phi) is 4.11. The molecule has 7 nitrogen and oxygen atoms in total. The van der Waals surface area contributed by atoms with Crippen molar-refractivity contribution in [1.82, 2.24) is 5.32 Å². The highest BCUT2D eigenvalue weighted by Gasteiger charge is 2.41. The van der Waals surface area contributed by atoms with E-state index in [1.165, 1.54) is 12.1 Å². The van der Waals surface area contributed by atoms with Gasteiger partial charge in [-0.05, 0) is 23.3 Å². The molecule has 0 saturated carbocycles. The molecule has 1 amide bonds. The van der Waals surface area contributed by atoms with E-state index in [0.717, 1.165) is 0 Å². The number of carbonyl (C=O) groups excluding carboxylic acids is 1. The van der Waals surface area contributed by atoms with E-state index in [1.807, 2.05) is 6.07 Å². The zero-order valence-corrected chi connectivity index (χ0v) is 12.6. The lowest BCUT2D eigenvalue weighted by atomic mass is 9.85. The van der Waals surface area contributed by atoms with Crippen molar-refractivity contribution in [1.29, 1.82) is 10.8 Å². The van der Waals surface area contributed by atoms with E-state index < -0.39 is 17.9 Å². The van der Waals surface area contributed by atoms with Gasteiger partial charge in [-0.25, -0.2) is 0 Å². The lowest BCUT2D eigenvalue weighted by Crippen LogP contribution is -2.26. The van der Waals surface area contributed by atoms with Crippen LogP contribution in [0.4, 0.5) is 5.69 Å². The van der Waals surface area contributed by atoms with Crippen LogP contribution in [0.25, 0.3) is 0 Å². The van der Waals surface area contributed by atoms with Crippen LogP contribution in [0.15, 0.2) is 54.6 Å². The SMILES string of the molecule is N=C1C(=O)NC(c2cccc(N(O)O)c2)C1C(=N)c1ccccc1. The zero-order valence-electron chi connectivity index (χ0n) is 12.6. The van der Waals surface area contributed by atoms with Crippen molar-refractivity contribution in [2.24, 2.45) is 5.92 Å². The van der Waals surface area contributed by atoms with Gasteiger partial charge in [0.05, 0.1) is 23.4 Å². The number of nitrogens with one attached hydrogen (secondary N) is 3. The molecular formula is C17H16N4O3. The molecule has 0 aromatic heterocycles. The Morgan fingerprint density at radius 2 is 1.79 bits per heavy atom. The highest BCUT2D eigenvalue weighted by Crippen LogP contribution is 2.32. The standard InChI is InChI=1S/C17H16N4O3/c18-14(10-5-2-1-3-6-10)13-15(19)17(22)20-16(13)11-7-4-8-12(9-11)21(23)24/h1-9,13,16,18-19,23-24H,(H,20,22). The van der Waals surface area contributed by atoms with E-state index in [4.69, 9.17) is 21.2 Å². The quantitative estimate of drug-likeness (QED) is 0.437. The highest BCUT2D eigenvalue weighted by molar-refractivity contribution is 6.45. The molecule has 1 saturated heterocycles. The molecule has 24 heavy (non-hydrogen) atoms. The van der Waals surface area contributed by atoms with Crippen LogP contribution in [0.2, 0.25) is 0 Å². The zero-order chi connectivity index (χ0) is 17.3. The first-order chi connectivity index (χ1) is 11.5. The molecule has 0 radical (unpaired) electrons. The number of hydrogen-bond donors (Lipinski definition) is 5. The van der Waals surface area contributed by atoms with E-state index in [1.54, 1.807) is 36.4 Å². The summed E-state index contributed by atoms with van der Waals surface area (Å²) in [6.45, 7) is 0. The van der Waals surface area contributed by atoms with Crippen molar-refractivity contribution < 1.29 is 15.2 Å². The molecule has 1 aliphatic rings. The summed E-state index contributed by atoms with van der Waals surface area (Å²) in [6.07, 6.45) is 0. The molecule has 0 spiro atoms. The van der Waals surface area contributed by atoms with Crippen LogP contribution >= 0.6 is 0 Å². The molecule has 1 fully saturated rings. The molecule has 2 unspecified atom stereocenters. The molecule has 7 heteroatoms. The fourth-order valence-corrected chi connectivity index (χ4v) is 2.84.